The molecule has 1 amide bonds. The Hall–Kier alpha value is -2.48. The molecule has 0 unspecified atom stereocenters. The number of halogens is 1. The van der Waals surface area contributed by atoms with Crippen molar-refractivity contribution in [2.24, 2.45) is 0 Å². The van der Waals surface area contributed by atoms with E-state index in [4.69, 9.17) is 4.42 Å². The van der Waals surface area contributed by atoms with Crippen LogP contribution in [-0.4, -0.2) is 26.1 Å². The number of aromatic nitrogens is 4. The van der Waals surface area contributed by atoms with E-state index < -0.39 is 0 Å². The van der Waals surface area contributed by atoms with E-state index in [0.717, 1.165) is 10.0 Å². The van der Waals surface area contributed by atoms with Gasteiger partial charge in [-0.05, 0) is 34.1 Å². The van der Waals surface area contributed by atoms with Gasteiger partial charge in [-0.2, -0.15) is 5.10 Å². The summed E-state index contributed by atoms with van der Waals surface area (Å²) in [6.07, 6.45) is 5.03. The Labute approximate surface area is 134 Å². The van der Waals surface area contributed by atoms with Gasteiger partial charge in [0.25, 0.3) is 0 Å². The van der Waals surface area contributed by atoms with Crippen molar-refractivity contribution in [2.45, 2.75) is 13.0 Å². The van der Waals surface area contributed by atoms with Gasteiger partial charge in [-0.25, -0.2) is 4.98 Å². The van der Waals surface area contributed by atoms with Gasteiger partial charge in [-0.3, -0.25) is 14.9 Å². The molecule has 0 spiro atoms. The lowest BCUT2D eigenvalue weighted by atomic mass is 10.3. The van der Waals surface area contributed by atoms with E-state index in [-0.39, 0.29) is 12.3 Å². The van der Waals surface area contributed by atoms with Gasteiger partial charge in [-0.15, -0.1) is 0 Å². The number of aromatic amines is 1. The lowest BCUT2D eigenvalue weighted by Crippen LogP contribution is -2.24. The molecule has 0 saturated heterocycles. The predicted molar refractivity (Wildman–Crippen MR) is 81.6 cm³/mol. The van der Waals surface area contributed by atoms with Gasteiger partial charge in [-0.1, -0.05) is 0 Å². The first kappa shape index (κ1) is 14.5. The highest BCUT2D eigenvalue weighted by Gasteiger charge is 2.10. The molecular weight excluding hydrogens is 350 g/mol. The van der Waals surface area contributed by atoms with Crippen LogP contribution in [0.5, 0.6) is 0 Å². The van der Waals surface area contributed by atoms with Crippen LogP contribution >= 0.6 is 15.9 Å². The molecule has 0 aliphatic carbocycles. The minimum Gasteiger partial charge on any atom is -0.467 e. The number of hydrogen-bond acceptors (Lipinski definition) is 5. The Bertz CT molecular complexity index is 769. The summed E-state index contributed by atoms with van der Waals surface area (Å²) in [5.41, 5.74) is 0.771. The molecule has 0 aliphatic rings. The number of pyridine rings is 1. The van der Waals surface area contributed by atoms with E-state index in [1.54, 1.807) is 30.8 Å². The largest absolute Gasteiger partial charge is 0.467 e. The first-order chi connectivity index (χ1) is 10.7. The zero-order chi connectivity index (χ0) is 15.4. The molecule has 3 aromatic rings. The third-order valence-corrected chi connectivity index (χ3v) is 3.30. The number of nitrogens with zero attached hydrogens (tertiary/aromatic N) is 3. The van der Waals surface area contributed by atoms with Crippen LogP contribution in [0.15, 0.2) is 45.7 Å². The second-order valence-electron chi connectivity index (χ2n) is 4.53. The molecule has 0 aromatic carbocycles. The second kappa shape index (κ2) is 6.52. The Morgan fingerprint density at radius 2 is 2.32 bits per heavy atom. The molecule has 7 nitrogen and oxygen atoms in total. The van der Waals surface area contributed by atoms with Crippen LogP contribution < -0.4 is 5.32 Å². The fourth-order valence-electron chi connectivity index (χ4n) is 1.85. The van der Waals surface area contributed by atoms with E-state index >= 15 is 0 Å². The summed E-state index contributed by atoms with van der Waals surface area (Å²) < 4.78 is 5.99. The molecule has 0 atom stereocenters. The number of rotatable bonds is 5. The summed E-state index contributed by atoms with van der Waals surface area (Å²) in [5.74, 6) is 1.54. The van der Waals surface area contributed by atoms with Gasteiger partial charge >= 0.3 is 0 Å². The summed E-state index contributed by atoms with van der Waals surface area (Å²) in [5, 5.41) is 9.61. The van der Waals surface area contributed by atoms with Crippen LogP contribution in [0.3, 0.4) is 0 Å². The molecule has 112 valence electrons. The number of carbonyl (C=O) groups is 1. The lowest BCUT2D eigenvalue weighted by molar-refractivity contribution is -0.120. The molecule has 2 N–H and O–H groups in total. The van der Waals surface area contributed by atoms with Crippen molar-refractivity contribution < 1.29 is 9.21 Å². The van der Waals surface area contributed by atoms with Gasteiger partial charge in [0, 0.05) is 22.4 Å². The number of carbonyl (C=O) groups excluding carboxylic acids is 1. The topological polar surface area (TPSA) is 96.7 Å². The number of amides is 1. The van der Waals surface area contributed by atoms with Crippen LogP contribution in [0.25, 0.3) is 11.4 Å². The maximum Gasteiger partial charge on any atom is 0.228 e. The Kier molecular flexibility index (Phi) is 4.29. The summed E-state index contributed by atoms with van der Waals surface area (Å²) >= 11 is 3.34. The SMILES string of the molecule is O=C(Cc1nc(-c2cncc(Br)c2)n[nH]1)NCc1ccco1. The van der Waals surface area contributed by atoms with Crippen molar-refractivity contribution in [3.63, 3.8) is 0 Å². The maximum atomic E-state index is 11.8. The van der Waals surface area contributed by atoms with Crippen LogP contribution in [-0.2, 0) is 17.8 Å². The monoisotopic (exact) mass is 361 g/mol. The first-order valence-corrected chi connectivity index (χ1v) is 7.31. The summed E-state index contributed by atoms with van der Waals surface area (Å²) in [6.45, 7) is 0.350. The quantitative estimate of drug-likeness (QED) is 0.724. The number of nitrogens with one attached hydrogen (secondary N) is 2. The summed E-state index contributed by atoms with van der Waals surface area (Å²) in [7, 11) is 0. The fourth-order valence-corrected chi connectivity index (χ4v) is 2.22. The Morgan fingerprint density at radius 1 is 1.41 bits per heavy atom. The van der Waals surface area contributed by atoms with E-state index in [9.17, 15) is 4.79 Å². The van der Waals surface area contributed by atoms with Gasteiger partial charge in [0.1, 0.15) is 11.6 Å². The average Bonchev–Trinajstić information content (AvgIpc) is 3.16. The molecule has 8 heteroatoms. The molecule has 3 heterocycles. The Balaban J connectivity index is 1.60. The van der Waals surface area contributed by atoms with Gasteiger partial charge in [0.15, 0.2) is 5.82 Å². The minimum atomic E-state index is -0.161. The first-order valence-electron chi connectivity index (χ1n) is 6.52. The molecule has 0 aliphatic heterocycles. The number of H-pyrrole nitrogens is 1. The summed E-state index contributed by atoms with van der Waals surface area (Å²) in [4.78, 5) is 20.2. The van der Waals surface area contributed by atoms with E-state index in [1.807, 2.05) is 6.07 Å². The van der Waals surface area contributed by atoms with Crippen molar-refractivity contribution in [3.05, 3.63) is 52.9 Å². The third kappa shape index (κ3) is 3.59. The van der Waals surface area contributed by atoms with Crippen LogP contribution in [0.2, 0.25) is 0 Å². The Morgan fingerprint density at radius 3 is 3.09 bits per heavy atom. The zero-order valence-electron chi connectivity index (χ0n) is 11.4. The molecule has 22 heavy (non-hydrogen) atoms. The highest BCUT2D eigenvalue weighted by atomic mass is 79.9. The lowest BCUT2D eigenvalue weighted by Gasteiger charge is -2.00. The average molecular weight is 362 g/mol. The zero-order valence-corrected chi connectivity index (χ0v) is 13.0. The van der Waals surface area contributed by atoms with Gasteiger partial charge in [0.05, 0.1) is 19.2 Å². The summed E-state index contributed by atoms with van der Waals surface area (Å²) in [6, 6.07) is 5.43. The maximum absolute atomic E-state index is 11.8. The third-order valence-electron chi connectivity index (χ3n) is 2.86. The van der Waals surface area contributed by atoms with Crippen LogP contribution in [0.4, 0.5) is 0 Å². The van der Waals surface area contributed by atoms with Crippen molar-refractivity contribution in [3.8, 4) is 11.4 Å². The van der Waals surface area contributed by atoms with E-state index in [2.05, 4.69) is 41.4 Å². The predicted octanol–water partition coefficient (Wildman–Crippen LogP) is 2.08. The standard InChI is InChI=1S/C14H12BrN5O2/c15-10-4-9(6-16-7-10)14-18-12(19-20-14)5-13(21)17-8-11-2-1-3-22-11/h1-4,6-7H,5,8H2,(H,17,21)(H,18,19,20). The van der Waals surface area contributed by atoms with Crippen molar-refractivity contribution >= 4 is 21.8 Å². The molecular formula is C14H12BrN5O2. The van der Waals surface area contributed by atoms with Crippen molar-refractivity contribution in [1.29, 1.82) is 0 Å². The molecule has 0 radical (unpaired) electrons. The molecule has 3 rings (SSSR count). The molecule has 3 aromatic heterocycles. The smallest absolute Gasteiger partial charge is 0.228 e. The molecule has 0 bridgehead atoms. The fraction of sp³-hybridized carbons (Fsp3) is 0.143. The van der Waals surface area contributed by atoms with Gasteiger partial charge in [0.2, 0.25) is 5.91 Å². The molecule has 0 fully saturated rings. The van der Waals surface area contributed by atoms with Crippen molar-refractivity contribution in [1.82, 2.24) is 25.5 Å². The van der Waals surface area contributed by atoms with E-state index in [0.29, 0.717) is 24.0 Å². The number of furan rings is 1. The normalized spacial score (nSPS) is 10.6. The molecule has 0 saturated carbocycles. The second-order valence-corrected chi connectivity index (χ2v) is 5.45. The van der Waals surface area contributed by atoms with Crippen LogP contribution in [0, 0.1) is 0 Å². The minimum absolute atomic E-state index is 0.120. The van der Waals surface area contributed by atoms with Gasteiger partial charge < -0.3 is 9.73 Å². The highest BCUT2D eigenvalue weighted by Crippen LogP contribution is 2.18. The van der Waals surface area contributed by atoms with E-state index in [1.165, 1.54) is 0 Å². The highest BCUT2D eigenvalue weighted by molar-refractivity contribution is 9.10. The van der Waals surface area contributed by atoms with Crippen LogP contribution in [0.1, 0.15) is 11.6 Å². The number of hydrogen-bond donors (Lipinski definition) is 2. The van der Waals surface area contributed by atoms with Crippen molar-refractivity contribution in [2.75, 3.05) is 0 Å².